The Hall–Kier alpha value is -1.62. The molecule has 1 heterocycles. The topological polar surface area (TPSA) is 60.4 Å². The fraction of sp³-hybridized carbons (Fsp3) is 0.357. The van der Waals surface area contributed by atoms with E-state index in [1.807, 2.05) is 13.8 Å². The number of rotatable bonds is 2. The maximum absolute atomic E-state index is 12.0. The lowest BCUT2D eigenvalue weighted by Gasteiger charge is -2.20. The fourth-order valence-corrected chi connectivity index (χ4v) is 3.68. The zero-order chi connectivity index (χ0) is 14.2. The summed E-state index contributed by atoms with van der Waals surface area (Å²) >= 11 is 0. The van der Waals surface area contributed by atoms with Gasteiger partial charge in [0.1, 0.15) is 0 Å². The molecule has 0 amide bonds. The van der Waals surface area contributed by atoms with Crippen molar-refractivity contribution < 1.29 is 17.9 Å². The van der Waals surface area contributed by atoms with Crippen molar-refractivity contribution >= 4 is 15.8 Å². The highest BCUT2D eigenvalue weighted by Gasteiger charge is 2.26. The molecule has 4 nitrogen and oxygen atoms in total. The SMILES string of the molecule is CCc1cc2c(cc1C(=O)OC)S(=O)(=O)C=CC2C. The van der Waals surface area contributed by atoms with Crippen LogP contribution in [0.4, 0.5) is 0 Å². The number of ether oxygens (including phenoxy) is 1. The third kappa shape index (κ3) is 2.30. The van der Waals surface area contributed by atoms with Gasteiger partial charge in [0.05, 0.1) is 17.6 Å². The first-order valence-corrected chi connectivity index (χ1v) is 7.63. The molecule has 19 heavy (non-hydrogen) atoms. The van der Waals surface area contributed by atoms with Crippen LogP contribution in [0.15, 0.2) is 28.5 Å². The van der Waals surface area contributed by atoms with Gasteiger partial charge in [0.15, 0.2) is 9.84 Å². The molecule has 1 unspecified atom stereocenters. The standard InChI is InChI=1S/C14H16O4S/c1-4-10-7-11-9(2)5-6-19(16,17)13(11)8-12(10)14(15)18-3/h5-9H,4H2,1-3H3. The summed E-state index contributed by atoms with van der Waals surface area (Å²) in [6, 6.07) is 3.24. The molecule has 0 N–H and O–H groups in total. The number of benzene rings is 1. The van der Waals surface area contributed by atoms with Crippen LogP contribution in [-0.2, 0) is 21.0 Å². The fourth-order valence-electron chi connectivity index (χ4n) is 2.24. The Kier molecular flexibility index (Phi) is 3.49. The van der Waals surface area contributed by atoms with E-state index in [-0.39, 0.29) is 10.8 Å². The van der Waals surface area contributed by atoms with Crippen LogP contribution < -0.4 is 0 Å². The number of esters is 1. The predicted octanol–water partition coefficient (Wildman–Crippen LogP) is 2.44. The average Bonchev–Trinajstić information content (AvgIpc) is 2.41. The minimum Gasteiger partial charge on any atom is -0.465 e. The first kappa shape index (κ1) is 13.8. The normalized spacial score (nSPS) is 19.8. The monoisotopic (exact) mass is 280 g/mol. The van der Waals surface area contributed by atoms with E-state index in [1.165, 1.54) is 18.6 Å². The Morgan fingerprint density at radius 1 is 1.37 bits per heavy atom. The quantitative estimate of drug-likeness (QED) is 0.781. The number of methoxy groups -OCH3 is 1. The van der Waals surface area contributed by atoms with Crippen molar-refractivity contribution in [3.05, 3.63) is 40.3 Å². The van der Waals surface area contributed by atoms with Crippen molar-refractivity contribution in [1.82, 2.24) is 0 Å². The molecule has 1 aliphatic rings. The lowest BCUT2D eigenvalue weighted by Crippen LogP contribution is -2.14. The molecule has 5 heteroatoms. The number of hydrogen-bond acceptors (Lipinski definition) is 4. The van der Waals surface area contributed by atoms with Gasteiger partial charge >= 0.3 is 5.97 Å². The third-order valence-electron chi connectivity index (χ3n) is 3.37. The lowest BCUT2D eigenvalue weighted by atomic mass is 9.94. The van der Waals surface area contributed by atoms with Gasteiger partial charge in [-0.25, -0.2) is 13.2 Å². The summed E-state index contributed by atoms with van der Waals surface area (Å²) < 4.78 is 28.8. The van der Waals surface area contributed by atoms with Gasteiger partial charge in [-0.15, -0.1) is 0 Å². The number of carbonyl (C=O) groups is 1. The van der Waals surface area contributed by atoms with Gasteiger partial charge in [-0.1, -0.05) is 26.0 Å². The van der Waals surface area contributed by atoms with Crippen LogP contribution in [0.1, 0.15) is 41.3 Å². The van der Waals surface area contributed by atoms with E-state index in [1.54, 1.807) is 12.1 Å². The molecule has 0 spiro atoms. The van der Waals surface area contributed by atoms with Crippen molar-refractivity contribution in [3.8, 4) is 0 Å². The van der Waals surface area contributed by atoms with Crippen LogP contribution in [0.25, 0.3) is 0 Å². The van der Waals surface area contributed by atoms with Crippen molar-refractivity contribution in [1.29, 1.82) is 0 Å². The number of hydrogen-bond donors (Lipinski definition) is 0. The molecule has 0 saturated heterocycles. The van der Waals surface area contributed by atoms with Gasteiger partial charge in [0.25, 0.3) is 0 Å². The van der Waals surface area contributed by atoms with Gasteiger partial charge < -0.3 is 4.74 Å². The van der Waals surface area contributed by atoms with Crippen LogP contribution in [0.5, 0.6) is 0 Å². The molecular weight excluding hydrogens is 264 g/mol. The molecule has 1 aliphatic heterocycles. The molecule has 2 rings (SSSR count). The number of aryl methyl sites for hydroxylation is 1. The second-order valence-electron chi connectivity index (χ2n) is 4.55. The van der Waals surface area contributed by atoms with Crippen LogP contribution in [0.3, 0.4) is 0 Å². The third-order valence-corrected chi connectivity index (χ3v) is 4.85. The Bertz CT molecular complexity index is 656. The van der Waals surface area contributed by atoms with E-state index in [0.717, 1.165) is 11.1 Å². The van der Waals surface area contributed by atoms with Crippen molar-refractivity contribution in [2.75, 3.05) is 7.11 Å². The number of sulfone groups is 1. The highest BCUT2D eigenvalue weighted by atomic mass is 32.2. The summed E-state index contributed by atoms with van der Waals surface area (Å²) in [5.74, 6) is -0.479. The Balaban J connectivity index is 2.74. The molecule has 1 atom stereocenters. The average molecular weight is 280 g/mol. The van der Waals surface area contributed by atoms with E-state index in [0.29, 0.717) is 12.0 Å². The summed E-state index contributed by atoms with van der Waals surface area (Å²) in [5.41, 5.74) is 1.88. The summed E-state index contributed by atoms with van der Waals surface area (Å²) in [4.78, 5) is 11.9. The van der Waals surface area contributed by atoms with Gasteiger partial charge in [0, 0.05) is 11.3 Å². The molecule has 0 bridgehead atoms. The summed E-state index contributed by atoms with van der Waals surface area (Å²) in [6.07, 6.45) is 2.31. The van der Waals surface area contributed by atoms with E-state index >= 15 is 0 Å². The Morgan fingerprint density at radius 3 is 2.63 bits per heavy atom. The Morgan fingerprint density at radius 2 is 2.05 bits per heavy atom. The maximum atomic E-state index is 12.0. The highest BCUT2D eigenvalue weighted by Crippen LogP contribution is 2.34. The zero-order valence-electron chi connectivity index (χ0n) is 11.1. The first-order valence-electron chi connectivity index (χ1n) is 6.09. The molecule has 1 aromatic carbocycles. The molecule has 0 aromatic heterocycles. The number of fused-ring (bicyclic) bond motifs is 1. The predicted molar refractivity (Wildman–Crippen MR) is 71.9 cm³/mol. The van der Waals surface area contributed by atoms with Crippen molar-refractivity contribution in [2.45, 2.75) is 31.1 Å². The molecule has 0 radical (unpaired) electrons. The van der Waals surface area contributed by atoms with Crippen LogP contribution in [0.2, 0.25) is 0 Å². The van der Waals surface area contributed by atoms with Crippen LogP contribution in [0, 0.1) is 0 Å². The van der Waals surface area contributed by atoms with E-state index in [2.05, 4.69) is 0 Å². The maximum Gasteiger partial charge on any atom is 0.338 e. The molecular formula is C14H16O4S. The van der Waals surface area contributed by atoms with Crippen molar-refractivity contribution in [3.63, 3.8) is 0 Å². The van der Waals surface area contributed by atoms with Gasteiger partial charge in [-0.3, -0.25) is 0 Å². The molecule has 102 valence electrons. The zero-order valence-corrected chi connectivity index (χ0v) is 12.0. The summed E-state index contributed by atoms with van der Waals surface area (Å²) in [7, 11) is -2.16. The second kappa shape index (κ2) is 4.81. The summed E-state index contributed by atoms with van der Waals surface area (Å²) in [5, 5.41) is 1.20. The van der Waals surface area contributed by atoms with Crippen LogP contribution in [-0.4, -0.2) is 21.5 Å². The molecule has 0 aliphatic carbocycles. The molecule has 0 fully saturated rings. The lowest BCUT2D eigenvalue weighted by molar-refractivity contribution is 0.0599. The molecule has 0 saturated carbocycles. The van der Waals surface area contributed by atoms with Crippen LogP contribution >= 0.6 is 0 Å². The van der Waals surface area contributed by atoms with Gasteiger partial charge in [0.2, 0.25) is 0 Å². The number of allylic oxidation sites excluding steroid dienone is 1. The van der Waals surface area contributed by atoms with E-state index in [9.17, 15) is 13.2 Å². The summed E-state index contributed by atoms with van der Waals surface area (Å²) in [6.45, 7) is 3.85. The van der Waals surface area contributed by atoms with Crippen molar-refractivity contribution in [2.24, 2.45) is 0 Å². The molecule has 1 aromatic rings. The highest BCUT2D eigenvalue weighted by molar-refractivity contribution is 7.94. The van der Waals surface area contributed by atoms with Gasteiger partial charge in [-0.2, -0.15) is 0 Å². The first-order chi connectivity index (χ1) is 8.90. The van der Waals surface area contributed by atoms with E-state index < -0.39 is 15.8 Å². The minimum atomic E-state index is -3.45. The largest absolute Gasteiger partial charge is 0.465 e. The Labute approximate surface area is 113 Å². The number of carbonyl (C=O) groups excluding carboxylic acids is 1. The smallest absolute Gasteiger partial charge is 0.338 e. The second-order valence-corrected chi connectivity index (χ2v) is 6.36. The minimum absolute atomic E-state index is 0.0236. The van der Waals surface area contributed by atoms with Gasteiger partial charge in [-0.05, 0) is 23.6 Å². The van der Waals surface area contributed by atoms with E-state index in [4.69, 9.17) is 4.74 Å².